The van der Waals surface area contributed by atoms with Crippen LogP contribution in [0.2, 0.25) is 0 Å². The Bertz CT molecular complexity index is 1100. The third kappa shape index (κ3) is 3.55. The van der Waals surface area contributed by atoms with Crippen LogP contribution < -0.4 is 4.90 Å². The molecule has 4 rings (SSSR count). The van der Waals surface area contributed by atoms with E-state index in [4.69, 9.17) is 4.98 Å². The SMILES string of the molecule is CCc1cccc2sc(N(Cc3ccccc3)C(=O)c3ccn(CC)n3)nc12. The van der Waals surface area contributed by atoms with E-state index >= 15 is 0 Å². The van der Waals surface area contributed by atoms with Crippen molar-refractivity contribution in [3.63, 3.8) is 0 Å². The van der Waals surface area contributed by atoms with Gasteiger partial charge < -0.3 is 0 Å². The van der Waals surface area contributed by atoms with Crippen LogP contribution in [0.25, 0.3) is 10.2 Å². The summed E-state index contributed by atoms with van der Waals surface area (Å²) >= 11 is 1.55. The van der Waals surface area contributed by atoms with E-state index in [1.165, 1.54) is 5.56 Å². The fourth-order valence-electron chi connectivity index (χ4n) is 3.18. The molecule has 142 valence electrons. The van der Waals surface area contributed by atoms with Gasteiger partial charge in [-0.2, -0.15) is 5.10 Å². The molecule has 0 saturated carbocycles. The molecule has 2 aromatic heterocycles. The summed E-state index contributed by atoms with van der Waals surface area (Å²) in [4.78, 5) is 19.9. The van der Waals surface area contributed by atoms with Crippen LogP contribution >= 0.6 is 11.3 Å². The number of rotatable bonds is 6. The number of carbonyl (C=O) groups excluding carboxylic acids is 1. The van der Waals surface area contributed by atoms with Gasteiger partial charge >= 0.3 is 0 Å². The van der Waals surface area contributed by atoms with Crippen LogP contribution in [0.3, 0.4) is 0 Å². The van der Waals surface area contributed by atoms with Gasteiger partial charge in [-0.1, -0.05) is 60.7 Å². The molecule has 0 unspecified atom stereocenters. The minimum Gasteiger partial charge on any atom is -0.278 e. The predicted molar refractivity (Wildman–Crippen MR) is 114 cm³/mol. The molecule has 0 aliphatic carbocycles. The highest BCUT2D eigenvalue weighted by Gasteiger charge is 2.24. The van der Waals surface area contributed by atoms with Gasteiger partial charge in [-0.25, -0.2) is 4.98 Å². The van der Waals surface area contributed by atoms with Crippen molar-refractivity contribution in [3.05, 3.63) is 77.6 Å². The van der Waals surface area contributed by atoms with Crippen LogP contribution in [0, 0.1) is 0 Å². The van der Waals surface area contributed by atoms with E-state index in [-0.39, 0.29) is 5.91 Å². The summed E-state index contributed by atoms with van der Waals surface area (Å²) in [5.74, 6) is -0.131. The van der Waals surface area contributed by atoms with Gasteiger partial charge in [0.15, 0.2) is 10.8 Å². The molecule has 5 nitrogen and oxygen atoms in total. The lowest BCUT2D eigenvalue weighted by molar-refractivity contribution is 0.0979. The maximum atomic E-state index is 13.3. The summed E-state index contributed by atoms with van der Waals surface area (Å²) in [6.07, 6.45) is 2.75. The second-order valence-electron chi connectivity index (χ2n) is 6.55. The van der Waals surface area contributed by atoms with Crippen molar-refractivity contribution in [1.82, 2.24) is 14.8 Å². The third-order valence-electron chi connectivity index (χ3n) is 4.72. The Morgan fingerprint density at radius 1 is 1.07 bits per heavy atom. The second kappa shape index (κ2) is 7.94. The number of aryl methyl sites for hydroxylation is 2. The van der Waals surface area contributed by atoms with Gasteiger partial charge in [-0.05, 0) is 36.6 Å². The Labute approximate surface area is 168 Å². The first-order chi connectivity index (χ1) is 13.7. The van der Waals surface area contributed by atoms with Crippen LogP contribution in [0.1, 0.15) is 35.5 Å². The monoisotopic (exact) mass is 390 g/mol. The quantitative estimate of drug-likeness (QED) is 0.469. The van der Waals surface area contributed by atoms with Gasteiger partial charge in [-0.15, -0.1) is 0 Å². The molecule has 0 fully saturated rings. The lowest BCUT2D eigenvalue weighted by Crippen LogP contribution is -2.30. The first-order valence-electron chi connectivity index (χ1n) is 9.47. The summed E-state index contributed by atoms with van der Waals surface area (Å²) in [7, 11) is 0. The van der Waals surface area contributed by atoms with E-state index in [9.17, 15) is 4.79 Å². The van der Waals surface area contributed by atoms with Crippen LogP contribution in [0.15, 0.2) is 60.8 Å². The molecule has 1 amide bonds. The van der Waals surface area contributed by atoms with Gasteiger partial charge in [-0.3, -0.25) is 14.4 Å². The summed E-state index contributed by atoms with van der Waals surface area (Å²) in [6, 6.07) is 18.0. The lowest BCUT2D eigenvalue weighted by Gasteiger charge is -2.19. The van der Waals surface area contributed by atoms with E-state index in [0.29, 0.717) is 17.4 Å². The zero-order chi connectivity index (χ0) is 19.5. The molecule has 0 aliphatic heterocycles. The molecule has 6 heteroatoms. The lowest BCUT2D eigenvalue weighted by atomic mass is 10.1. The zero-order valence-corrected chi connectivity index (χ0v) is 16.8. The Hall–Kier alpha value is -2.99. The number of thiazole rings is 1. The molecule has 0 spiro atoms. The summed E-state index contributed by atoms with van der Waals surface area (Å²) in [5.41, 5.74) is 3.67. The highest BCUT2D eigenvalue weighted by Crippen LogP contribution is 2.32. The topological polar surface area (TPSA) is 51.0 Å². The average Bonchev–Trinajstić information content (AvgIpc) is 3.39. The molecule has 0 atom stereocenters. The molecule has 2 heterocycles. The molecule has 0 saturated heterocycles. The highest BCUT2D eigenvalue weighted by atomic mass is 32.1. The molecule has 0 radical (unpaired) electrons. The maximum absolute atomic E-state index is 13.3. The first-order valence-corrected chi connectivity index (χ1v) is 10.3. The summed E-state index contributed by atoms with van der Waals surface area (Å²) in [5, 5.41) is 5.11. The molecule has 4 aromatic rings. The minimum atomic E-state index is -0.131. The largest absolute Gasteiger partial charge is 0.280 e. The van der Waals surface area contributed by atoms with Crippen molar-refractivity contribution in [3.8, 4) is 0 Å². The van der Waals surface area contributed by atoms with Crippen LogP contribution in [0.5, 0.6) is 0 Å². The molecule has 28 heavy (non-hydrogen) atoms. The second-order valence-corrected chi connectivity index (χ2v) is 7.56. The molecule has 0 bridgehead atoms. The van der Waals surface area contributed by atoms with Crippen LogP contribution in [-0.4, -0.2) is 20.7 Å². The predicted octanol–water partition coefficient (Wildman–Crippen LogP) is 4.92. The number of fused-ring (bicyclic) bond motifs is 1. The smallest absolute Gasteiger partial charge is 0.278 e. The van der Waals surface area contributed by atoms with Crippen molar-refractivity contribution in [2.45, 2.75) is 33.4 Å². The van der Waals surface area contributed by atoms with Crippen molar-refractivity contribution < 1.29 is 4.79 Å². The van der Waals surface area contributed by atoms with Crippen molar-refractivity contribution in [1.29, 1.82) is 0 Å². The van der Waals surface area contributed by atoms with E-state index in [1.54, 1.807) is 27.0 Å². The van der Waals surface area contributed by atoms with Gasteiger partial charge in [0.05, 0.1) is 16.8 Å². The molecule has 2 aromatic carbocycles. The van der Waals surface area contributed by atoms with Crippen LogP contribution in [-0.2, 0) is 19.5 Å². The average molecular weight is 391 g/mol. The van der Waals surface area contributed by atoms with Gasteiger partial charge in [0.1, 0.15) is 0 Å². The van der Waals surface area contributed by atoms with Crippen LogP contribution in [0.4, 0.5) is 5.13 Å². The molecular formula is C22H22N4OS. The number of anilines is 1. The first kappa shape index (κ1) is 18.4. The fraction of sp³-hybridized carbons (Fsp3) is 0.227. The molecule has 0 N–H and O–H groups in total. The van der Waals surface area contributed by atoms with E-state index in [2.05, 4.69) is 30.2 Å². The molecule has 0 aliphatic rings. The summed E-state index contributed by atoms with van der Waals surface area (Å²) in [6.45, 7) is 5.31. The standard InChI is InChI=1S/C22H22N4OS/c1-3-17-11-8-12-19-20(17)23-22(28-19)26(15-16-9-6-5-7-10-16)21(27)18-13-14-25(4-2)24-18/h5-14H,3-4,15H2,1-2H3. The summed E-state index contributed by atoms with van der Waals surface area (Å²) < 4.78 is 2.86. The maximum Gasteiger partial charge on any atom is 0.280 e. The van der Waals surface area contributed by atoms with Gasteiger partial charge in [0.2, 0.25) is 0 Å². The Kier molecular flexibility index (Phi) is 5.21. The number of para-hydroxylation sites is 1. The number of aromatic nitrogens is 3. The number of amides is 1. The van der Waals surface area contributed by atoms with Gasteiger partial charge in [0.25, 0.3) is 5.91 Å². The number of hydrogen-bond acceptors (Lipinski definition) is 4. The Morgan fingerprint density at radius 2 is 1.89 bits per heavy atom. The number of carbonyl (C=O) groups is 1. The zero-order valence-electron chi connectivity index (χ0n) is 16.0. The van der Waals surface area contributed by atoms with Crippen molar-refractivity contribution >= 4 is 32.6 Å². The number of nitrogens with zero attached hydrogens (tertiary/aromatic N) is 4. The van der Waals surface area contributed by atoms with Crippen molar-refractivity contribution in [2.24, 2.45) is 0 Å². The normalized spacial score (nSPS) is 11.1. The van der Waals surface area contributed by atoms with E-state index < -0.39 is 0 Å². The van der Waals surface area contributed by atoms with Gasteiger partial charge in [0, 0.05) is 12.7 Å². The molecular weight excluding hydrogens is 368 g/mol. The number of hydrogen-bond donors (Lipinski definition) is 0. The highest BCUT2D eigenvalue weighted by molar-refractivity contribution is 7.22. The van der Waals surface area contributed by atoms with Crippen molar-refractivity contribution in [2.75, 3.05) is 4.90 Å². The van der Waals surface area contributed by atoms with E-state index in [0.717, 1.165) is 28.7 Å². The third-order valence-corrected chi connectivity index (χ3v) is 5.76. The van der Waals surface area contributed by atoms with E-state index in [1.807, 2.05) is 43.5 Å². The Morgan fingerprint density at radius 3 is 2.61 bits per heavy atom. The number of benzene rings is 2. The fourth-order valence-corrected chi connectivity index (χ4v) is 4.19. The Balaban J connectivity index is 1.77. The minimum absolute atomic E-state index is 0.131.